The number of fused-ring (bicyclic) bond motifs is 2. The molecule has 0 aromatic rings. The highest BCUT2D eigenvalue weighted by Gasteiger charge is 2.51. The molecular weight excluding hydrogens is 1060 g/mol. The van der Waals surface area contributed by atoms with E-state index in [1.165, 1.54) is 0 Å². The fraction of sp³-hybridized carbons (Fsp3) is 0.733. The SMILES string of the molecule is C[C@@H]1[C@H](O)[C@@H](C)C=CC=CC=CC=CC=CC=CC=C[C@H](O[C@@H]2O[C@H](C)[C@@H](O)[C@H](N(CCCN)CCCN)[C@@H]2O)C[C@@H]2O[C@](O)(C[C@@H](O)C[C@@H](O)[C@H](O)CC[C@@H](O)C[C@@H](O)CC(=O)O[C@H]1C)C[C@H](O)[C@H]2C(=O)NCCCN1CCOCC1. The van der Waals surface area contributed by atoms with Gasteiger partial charge in [0.1, 0.15) is 12.2 Å². The van der Waals surface area contributed by atoms with Crippen LogP contribution in [0.4, 0.5) is 0 Å². The van der Waals surface area contributed by atoms with Crippen molar-refractivity contribution in [3.8, 4) is 0 Å². The first kappa shape index (κ1) is 70.9. The van der Waals surface area contributed by atoms with Gasteiger partial charge in [-0.25, -0.2) is 0 Å². The summed E-state index contributed by atoms with van der Waals surface area (Å²) in [7, 11) is 0. The number of hydrogen-bond acceptors (Lipinski definition) is 21. The normalized spacial score (nSPS) is 37.2. The summed E-state index contributed by atoms with van der Waals surface area (Å²) in [6.07, 6.45) is 6.91. The smallest absolute Gasteiger partial charge is 0.308 e. The molecule has 0 aliphatic carbocycles. The fourth-order valence-corrected chi connectivity index (χ4v) is 10.8. The van der Waals surface area contributed by atoms with E-state index in [-0.39, 0.29) is 38.1 Å². The Bertz CT molecular complexity index is 2030. The van der Waals surface area contributed by atoms with Gasteiger partial charge in [-0.1, -0.05) is 98.9 Å². The van der Waals surface area contributed by atoms with Gasteiger partial charge in [0, 0.05) is 57.2 Å². The number of esters is 1. The molecule has 0 saturated carbocycles. The third-order valence-electron chi connectivity index (χ3n) is 15.7. The second-order valence-electron chi connectivity index (χ2n) is 22.6. The largest absolute Gasteiger partial charge is 0.462 e. The van der Waals surface area contributed by atoms with Gasteiger partial charge in [-0.15, -0.1) is 0 Å². The van der Waals surface area contributed by atoms with E-state index in [1.807, 2.05) is 66.5 Å². The molecule has 0 aromatic carbocycles. The maximum Gasteiger partial charge on any atom is 0.308 e. The summed E-state index contributed by atoms with van der Waals surface area (Å²) in [5.74, 6) is -5.59. The lowest BCUT2D eigenvalue weighted by Crippen LogP contribution is -2.64. The maximum atomic E-state index is 14.3. The monoisotopic (exact) mass is 1160 g/mol. The van der Waals surface area contributed by atoms with Crippen LogP contribution in [0.5, 0.6) is 0 Å². The molecule has 3 saturated heterocycles. The summed E-state index contributed by atoms with van der Waals surface area (Å²) in [4.78, 5) is 31.2. The number of nitrogens with zero attached hydrogens (tertiary/aromatic N) is 2. The summed E-state index contributed by atoms with van der Waals surface area (Å²) < 4.78 is 30.1. The molecule has 1 amide bonds. The number of cyclic esters (lactones) is 1. The Morgan fingerprint density at radius 1 is 0.695 bits per heavy atom. The van der Waals surface area contributed by atoms with Crippen LogP contribution in [-0.4, -0.2) is 236 Å². The summed E-state index contributed by atoms with van der Waals surface area (Å²) in [5, 5.41) is 116. The van der Waals surface area contributed by atoms with Crippen molar-refractivity contribution in [2.24, 2.45) is 29.2 Å². The number of carbonyl (C=O) groups excluding carboxylic acids is 2. The van der Waals surface area contributed by atoms with E-state index in [4.69, 9.17) is 35.2 Å². The molecule has 0 spiro atoms. The topological polar surface area (TPSA) is 353 Å². The van der Waals surface area contributed by atoms with E-state index in [1.54, 1.807) is 51.2 Å². The third-order valence-corrected chi connectivity index (χ3v) is 15.7. The molecule has 0 radical (unpaired) electrons. The zero-order valence-corrected chi connectivity index (χ0v) is 48.7. The Kier molecular flexibility index (Phi) is 32.6. The van der Waals surface area contributed by atoms with Crippen LogP contribution in [-0.2, 0) is 33.3 Å². The van der Waals surface area contributed by atoms with Crippen molar-refractivity contribution >= 4 is 11.9 Å². The zero-order valence-electron chi connectivity index (χ0n) is 48.7. The number of amides is 1. The number of aliphatic hydroxyl groups is 10. The molecular formula is C60H101N5O17. The molecule has 2 bridgehead atoms. The van der Waals surface area contributed by atoms with Crippen molar-refractivity contribution in [3.05, 3.63) is 85.1 Å². The van der Waals surface area contributed by atoms with Crippen molar-refractivity contribution in [2.45, 2.75) is 196 Å². The lowest BCUT2D eigenvalue weighted by Gasteiger charge is -2.48. The molecule has 15 N–H and O–H groups in total. The molecule has 4 aliphatic rings. The predicted molar refractivity (Wildman–Crippen MR) is 309 cm³/mol. The average molecular weight is 1160 g/mol. The number of morpholine rings is 1. The van der Waals surface area contributed by atoms with E-state index >= 15 is 0 Å². The van der Waals surface area contributed by atoms with Crippen LogP contribution < -0.4 is 16.8 Å². The van der Waals surface area contributed by atoms with Crippen LogP contribution in [0, 0.1) is 17.8 Å². The predicted octanol–water partition coefficient (Wildman–Crippen LogP) is 0.507. The van der Waals surface area contributed by atoms with Gasteiger partial charge in [0.15, 0.2) is 12.1 Å². The highest BCUT2D eigenvalue weighted by atomic mass is 16.7. The van der Waals surface area contributed by atoms with E-state index in [2.05, 4.69) is 10.2 Å². The first-order valence-electron chi connectivity index (χ1n) is 29.6. The Hall–Kier alpha value is -3.60. The number of nitrogens with two attached hydrogens (primary N) is 2. The number of rotatable bonds is 14. The second-order valence-corrected chi connectivity index (χ2v) is 22.6. The molecule has 468 valence electrons. The summed E-state index contributed by atoms with van der Waals surface area (Å²) in [6.45, 7) is 12.3. The molecule has 22 heteroatoms. The van der Waals surface area contributed by atoms with Gasteiger partial charge >= 0.3 is 5.97 Å². The van der Waals surface area contributed by atoms with Gasteiger partial charge in [0.25, 0.3) is 0 Å². The Morgan fingerprint density at radius 2 is 1.29 bits per heavy atom. The maximum absolute atomic E-state index is 14.3. The number of carbonyl (C=O) groups is 2. The number of hydrogen-bond donors (Lipinski definition) is 13. The summed E-state index contributed by atoms with van der Waals surface area (Å²) >= 11 is 0. The highest BCUT2D eigenvalue weighted by molar-refractivity contribution is 5.80. The minimum Gasteiger partial charge on any atom is -0.462 e. The van der Waals surface area contributed by atoms with Crippen LogP contribution in [0.2, 0.25) is 0 Å². The van der Waals surface area contributed by atoms with Gasteiger partial charge < -0.3 is 91.5 Å². The van der Waals surface area contributed by atoms with Crippen LogP contribution in [0.3, 0.4) is 0 Å². The Balaban J connectivity index is 1.66. The minimum absolute atomic E-state index is 0.0976. The molecule has 0 aromatic heterocycles. The number of aliphatic hydroxyl groups excluding tert-OH is 9. The van der Waals surface area contributed by atoms with Gasteiger partial charge in [0.2, 0.25) is 5.91 Å². The van der Waals surface area contributed by atoms with Gasteiger partial charge in [-0.3, -0.25) is 19.4 Å². The number of nitrogens with one attached hydrogen (secondary N) is 1. The minimum atomic E-state index is -2.29. The molecule has 4 heterocycles. The molecule has 0 unspecified atom stereocenters. The highest BCUT2D eigenvalue weighted by Crippen LogP contribution is 2.39. The third kappa shape index (κ3) is 24.8. The lowest BCUT2D eigenvalue weighted by atomic mass is 9.82. The molecule has 3 fully saturated rings. The molecule has 4 rings (SSSR count). The van der Waals surface area contributed by atoms with Crippen LogP contribution in [0.25, 0.3) is 0 Å². The Morgan fingerprint density at radius 3 is 1.90 bits per heavy atom. The molecule has 82 heavy (non-hydrogen) atoms. The lowest BCUT2D eigenvalue weighted by molar-refractivity contribution is -0.311. The van der Waals surface area contributed by atoms with Crippen molar-refractivity contribution in [1.82, 2.24) is 15.1 Å². The van der Waals surface area contributed by atoms with Crippen molar-refractivity contribution in [1.29, 1.82) is 0 Å². The first-order valence-corrected chi connectivity index (χ1v) is 29.6. The quantitative estimate of drug-likeness (QED) is 0.0832. The summed E-state index contributed by atoms with van der Waals surface area (Å²) in [5.41, 5.74) is 11.8. The van der Waals surface area contributed by atoms with Gasteiger partial charge in [-0.2, -0.15) is 0 Å². The fourth-order valence-electron chi connectivity index (χ4n) is 10.8. The van der Waals surface area contributed by atoms with E-state index in [0.29, 0.717) is 65.2 Å². The van der Waals surface area contributed by atoms with E-state index in [9.17, 15) is 60.7 Å². The van der Waals surface area contributed by atoms with Crippen molar-refractivity contribution in [3.63, 3.8) is 0 Å². The second kappa shape index (κ2) is 37.7. The first-order chi connectivity index (χ1) is 39.2. The van der Waals surface area contributed by atoms with Crippen LogP contribution >= 0.6 is 0 Å². The Labute approximate surface area is 485 Å². The van der Waals surface area contributed by atoms with E-state index < -0.39 is 147 Å². The van der Waals surface area contributed by atoms with Gasteiger partial charge in [-0.05, 0) is 85.1 Å². The molecule has 4 aliphatic heterocycles. The molecule has 22 nitrogen and oxygen atoms in total. The standard InChI is InChI=1S/C60H101N5O17/c1-40-20-15-13-11-9-7-5-6-8-10-12-14-16-21-47(81-59-57(75)54(56(74)43(4)80-59)65(28-17-24-61)29-18-25-62)37-51-53(58(76)63-26-19-27-64-30-32-78-33-31-64)50(71)39-60(77,82-51)38-46(68)35-49(70)48(69)23-22-44(66)34-45(67)36-52(72)79-42(3)41(2)55(40)73/h5-16,20-21,40-51,53-57,59,66-71,73-75,77H,17-19,22-39,61-62H2,1-4H3,(H,63,76)/t40-,41-,42-,43+,44+,45+,46-,47-,48+,49+,50-,51-,53+,54-,55+,56+,57-,59-,60+/m0/s1. The number of ether oxygens (including phenoxy) is 5. The van der Waals surface area contributed by atoms with Crippen molar-refractivity contribution in [2.75, 3.05) is 65.6 Å². The van der Waals surface area contributed by atoms with Crippen LogP contribution in [0.15, 0.2) is 85.1 Å². The molecule has 19 atom stereocenters. The van der Waals surface area contributed by atoms with E-state index in [0.717, 1.165) is 13.1 Å². The van der Waals surface area contributed by atoms with Crippen molar-refractivity contribution < 1.29 is 84.3 Å². The number of allylic oxidation sites excluding steroid dienone is 12. The van der Waals surface area contributed by atoms with Gasteiger partial charge in [0.05, 0.1) is 98.7 Å². The summed E-state index contributed by atoms with van der Waals surface area (Å²) in [6, 6.07) is -0.850. The average Bonchev–Trinajstić information content (AvgIpc) is 2.84. The van der Waals surface area contributed by atoms with Crippen LogP contribution in [0.1, 0.15) is 98.3 Å². The zero-order chi connectivity index (χ0) is 60.2.